The molecule has 2 aliphatic rings. The van der Waals surface area contributed by atoms with E-state index in [1.54, 1.807) is 12.3 Å². The molecule has 7 nitrogen and oxygen atoms in total. The van der Waals surface area contributed by atoms with Crippen molar-refractivity contribution >= 4 is 17.5 Å². The summed E-state index contributed by atoms with van der Waals surface area (Å²) < 4.78 is 17.7. The molecule has 0 radical (unpaired) electrons. The fourth-order valence-electron chi connectivity index (χ4n) is 4.07. The van der Waals surface area contributed by atoms with Crippen molar-refractivity contribution in [2.24, 2.45) is 0 Å². The molecule has 1 saturated heterocycles. The topological polar surface area (TPSA) is 60.0 Å². The van der Waals surface area contributed by atoms with Crippen molar-refractivity contribution in [3.05, 3.63) is 71.4 Å². The lowest BCUT2D eigenvalue weighted by atomic mass is 10.2. The predicted molar refractivity (Wildman–Crippen MR) is 127 cm³/mol. The van der Waals surface area contributed by atoms with Gasteiger partial charge in [-0.15, -0.1) is 0 Å². The Bertz CT molecular complexity index is 1070. The third-order valence-corrected chi connectivity index (χ3v) is 6.04. The summed E-state index contributed by atoms with van der Waals surface area (Å²) in [5.74, 6) is 2.76. The van der Waals surface area contributed by atoms with Crippen molar-refractivity contribution in [1.82, 2.24) is 14.9 Å². The van der Waals surface area contributed by atoms with E-state index in [0.29, 0.717) is 25.0 Å². The van der Waals surface area contributed by atoms with Crippen LogP contribution in [0.25, 0.3) is 0 Å². The summed E-state index contributed by atoms with van der Waals surface area (Å²) in [6, 6.07) is 17.5. The van der Waals surface area contributed by atoms with E-state index in [-0.39, 0.29) is 6.10 Å². The van der Waals surface area contributed by atoms with E-state index < -0.39 is 0 Å². The average Bonchev–Trinajstić information content (AvgIpc) is 3.10. The van der Waals surface area contributed by atoms with Crippen LogP contribution in [0.15, 0.2) is 60.8 Å². The minimum Gasteiger partial charge on any atom is -0.486 e. The molecule has 3 aromatic rings. The van der Waals surface area contributed by atoms with Gasteiger partial charge in [-0.2, -0.15) is 4.98 Å². The summed E-state index contributed by atoms with van der Waals surface area (Å²) in [5, 5.41) is 0.771. The molecule has 8 heteroatoms. The molecule has 0 saturated carbocycles. The molecule has 5 rings (SSSR count). The minimum atomic E-state index is -0.182. The molecular formula is C25H27ClN4O3. The Morgan fingerprint density at radius 3 is 2.70 bits per heavy atom. The smallest absolute Gasteiger partial charge is 0.228 e. The summed E-state index contributed by atoms with van der Waals surface area (Å²) in [7, 11) is 0. The fourth-order valence-corrected chi connectivity index (χ4v) is 4.19. The zero-order chi connectivity index (χ0) is 22.5. The Morgan fingerprint density at radius 2 is 1.82 bits per heavy atom. The van der Waals surface area contributed by atoms with E-state index in [1.165, 1.54) is 5.56 Å². The van der Waals surface area contributed by atoms with Gasteiger partial charge in [-0.05, 0) is 36.2 Å². The summed E-state index contributed by atoms with van der Waals surface area (Å²) in [5.41, 5.74) is 1.27. The molecule has 1 atom stereocenters. The van der Waals surface area contributed by atoms with Crippen LogP contribution >= 0.6 is 11.6 Å². The summed E-state index contributed by atoms with van der Waals surface area (Å²) >= 11 is 6.01. The number of nitrogens with zero attached hydrogens (tertiary/aromatic N) is 4. The average molecular weight is 467 g/mol. The second-order valence-corrected chi connectivity index (χ2v) is 8.68. The molecule has 3 heterocycles. The molecule has 2 aromatic carbocycles. The molecular weight excluding hydrogens is 440 g/mol. The van der Waals surface area contributed by atoms with E-state index in [9.17, 15) is 0 Å². The molecule has 172 valence electrons. The van der Waals surface area contributed by atoms with Gasteiger partial charge in [0.05, 0.1) is 0 Å². The van der Waals surface area contributed by atoms with E-state index in [1.807, 2.05) is 36.4 Å². The normalized spacial score (nSPS) is 18.6. The second-order valence-electron chi connectivity index (χ2n) is 8.25. The molecule has 0 bridgehead atoms. The van der Waals surface area contributed by atoms with E-state index in [4.69, 9.17) is 25.8 Å². The number of hydrogen-bond donors (Lipinski definition) is 0. The highest BCUT2D eigenvalue weighted by Crippen LogP contribution is 2.31. The van der Waals surface area contributed by atoms with Crippen LogP contribution in [0.4, 0.5) is 5.95 Å². The van der Waals surface area contributed by atoms with Crippen LogP contribution in [0.5, 0.6) is 17.4 Å². The van der Waals surface area contributed by atoms with Crippen LogP contribution in [0.2, 0.25) is 5.02 Å². The van der Waals surface area contributed by atoms with Crippen LogP contribution in [-0.4, -0.2) is 60.4 Å². The number of rotatable bonds is 6. The van der Waals surface area contributed by atoms with Crippen LogP contribution in [0, 0.1) is 0 Å². The largest absolute Gasteiger partial charge is 0.486 e. The SMILES string of the molecule is Clc1ccc(CN2CCCN(c3nccc(OCC4COc5ccccc5O4)n3)CC2)cc1. The Balaban J connectivity index is 1.15. The summed E-state index contributed by atoms with van der Waals surface area (Å²) in [6.07, 6.45) is 2.62. The van der Waals surface area contributed by atoms with Gasteiger partial charge in [0.1, 0.15) is 13.2 Å². The Morgan fingerprint density at radius 1 is 0.970 bits per heavy atom. The highest BCUT2D eigenvalue weighted by Gasteiger charge is 2.22. The maximum Gasteiger partial charge on any atom is 0.228 e. The minimum absolute atomic E-state index is 0.182. The first-order chi connectivity index (χ1) is 16.2. The maximum atomic E-state index is 6.01. The van der Waals surface area contributed by atoms with Gasteiger partial charge in [-0.25, -0.2) is 4.98 Å². The highest BCUT2D eigenvalue weighted by atomic mass is 35.5. The summed E-state index contributed by atoms with van der Waals surface area (Å²) in [4.78, 5) is 13.8. The second kappa shape index (κ2) is 10.3. The van der Waals surface area contributed by atoms with Crippen molar-refractivity contribution in [2.45, 2.75) is 19.1 Å². The monoisotopic (exact) mass is 466 g/mol. The molecule has 1 unspecified atom stereocenters. The molecule has 0 N–H and O–H groups in total. The number of benzene rings is 2. The number of fused-ring (bicyclic) bond motifs is 1. The van der Waals surface area contributed by atoms with Crippen LogP contribution in [0.3, 0.4) is 0 Å². The first-order valence-electron chi connectivity index (χ1n) is 11.3. The van der Waals surface area contributed by atoms with Crippen molar-refractivity contribution in [3.63, 3.8) is 0 Å². The number of aromatic nitrogens is 2. The third kappa shape index (κ3) is 5.67. The Labute approximate surface area is 198 Å². The van der Waals surface area contributed by atoms with Gasteiger partial charge < -0.3 is 19.1 Å². The zero-order valence-electron chi connectivity index (χ0n) is 18.4. The first kappa shape index (κ1) is 21.8. The number of hydrogen-bond acceptors (Lipinski definition) is 7. The number of para-hydroxylation sites is 2. The number of anilines is 1. The molecule has 0 spiro atoms. The number of halogens is 1. The van der Waals surface area contributed by atoms with Gasteiger partial charge in [0.25, 0.3) is 0 Å². The molecule has 33 heavy (non-hydrogen) atoms. The molecule has 1 fully saturated rings. The van der Waals surface area contributed by atoms with Crippen LogP contribution < -0.4 is 19.1 Å². The van der Waals surface area contributed by atoms with Crippen molar-refractivity contribution in [1.29, 1.82) is 0 Å². The molecule has 1 aromatic heterocycles. The van der Waals surface area contributed by atoms with Gasteiger partial charge in [-0.1, -0.05) is 35.9 Å². The van der Waals surface area contributed by atoms with Gasteiger partial charge in [-0.3, -0.25) is 4.90 Å². The van der Waals surface area contributed by atoms with Crippen molar-refractivity contribution in [2.75, 3.05) is 44.3 Å². The lowest BCUT2D eigenvalue weighted by Gasteiger charge is -2.26. The fraction of sp³-hybridized carbons (Fsp3) is 0.360. The van der Waals surface area contributed by atoms with Gasteiger partial charge >= 0.3 is 0 Å². The predicted octanol–water partition coefficient (Wildman–Crippen LogP) is 4.06. The lowest BCUT2D eigenvalue weighted by molar-refractivity contribution is 0.0522. The van der Waals surface area contributed by atoms with E-state index in [2.05, 4.69) is 31.9 Å². The van der Waals surface area contributed by atoms with E-state index >= 15 is 0 Å². The molecule has 0 amide bonds. The highest BCUT2D eigenvalue weighted by molar-refractivity contribution is 6.30. The Kier molecular flexibility index (Phi) is 6.79. The first-order valence-corrected chi connectivity index (χ1v) is 11.7. The standard InChI is InChI=1S/C25H27ClN4O3/c26-20-8-6-19(7-9-20)16-29-12-3-13-30(15-14-29)25-27-11-10-24(28-25)32-18-21-17-31-22-4-1-2-5-23(22)33-21/h1-2,4-11,21H,3,12-18H2. The van der Waals surface area contributed by atoms with E-state index in [0.717, 1.165) is 55.7 Å². The van der Waals surface area contributed by atoms with Crippen LogP contribution in [0.1, 0.15) is 12.0 Å². The Hall–Kier alpha value is -3.03. The molecule has 2 aliphatic heterocycles. The van der Waals surface area contributed by atoms with Gasteiger partial charge in [0.15, 0.2) is 17.6 Å². The van der Waals surface area contributed by atoms with Gasteiger partial charge in [0.2, 0.25) is 11.8 Å². The molecule has 0 aliphatic carbocycles. The van der Waals surface area contributed by atoms with Crippen LogP contribution in [-0.2, 0) is 6.54 Å². The lowest BCUT2D eigenvalue weighted by Crippen LogP contribution is -2.34. The summed E-state index contributed by atoms with van der Waals surface area (Å²) in [6.45, 7) is 5.50. The van der Waals surface area contributed by atoms with Crippen molar-refractivity contribution < 1.29 is 14.2 Å². The van der Waals surface area contributed by atoms with Crippen molar-refractivity contribution in [3.8, 4) is 17.4 Å². The maximum absolute atomic E-state index is 6.01. The third-order valence-electron chi connectivity index (χ3n) is 5.79. The quantitative estimate of drug-likeness (QED) is 0.543. The zero-order valence-corrected chi connectivity index (χ0v) is 19.2. The number of ether oxygens (including phenoxy) is 3. The van der Waals surface area contributed by atoms with Gasteiger partial charge in [0, 0.05) is 50.0 Å².